The van der Waals surface area contributed by atoms with Crippen molar-refractivity contribution in [1.29, 1.82) is 0 Å². The van der Waals surface area contributed by atoms with Crippen molar-refractivity contribution >= 4 is 5.91 Å². The van der Waals surface area contributed by atoms with E-state index in [-0.39, 0.29) is 5.91 Å². The van der Waals surface area contributed by atoms with E-state index in [1.54, 1.807) is 6.08 Å². The predicted molar refractivity (Wildman–Crippen MR) is 67.3 cm³/mol. The van der Waals surface area contributed by atoms with Crippen LogP contribution in [0.15, 0.2) is 12.7 Å². The third kappa shape index (κ3) is 4.35. The van der Waals surface area contributed by atoms with Crippen LogP contribution in [0.25, 0.3) is 0 Å². The van der Waals surface area contributed by atoms with Gasteiger partial charge in [-0.2, -0.15) is 0 Å². The molecule has 0 bridgehead atoms. The van der Waals surface area contributed by atoms with Crippen LogP contribution in [0, 0.1) is 5.92 Å². The Hall–Kier alpha value is -0.830. The maximum Gasteiger partial charge on any atom is 0.226 e. The second-order valence-electron chi connectivity index (χ2n) is 4.90. The van der Waals surface area contributed by atoms with E-state index in [2.05, 4.69) is 25.7 Å². The van der Waals surface area contributed by atoms with Crippen molar-refractivity contribution in [2.24, 2.45) is 5.92 Å². The third-order valence-corrected chi connectivity index (χ3v) is 3.01. The Bertz CT molecular complexity index is 238. The van der Waals surface area contributed by atoms with Crippen LogP contribution in [0.2, 0.25) is 0 Å². The van der Waals surface area contributed by atoms with Gasteiger partial charge in [0.25, 0.3) is 0 Å². The molecule has 0 spiro atoms. The monoisotopic (exact) mass is 224 g/mol. The van der Waals surface area contributed by atoms with Gasteiger partial charge in [-0.1, -0.05) is 19.9 Å². The summed E-state index contributed by atoms with van der Waals surface area (Å²) in [5, 5.41) is 3.45. The van der Waals surface area contributed by atoms with Crippen LogP contribution in [0.5, 0.6) is 0 Å². The number of rotatable bonds is 5. The van der Waals surface area contributed by atoms with E-state index in [4.69, 9.17) is 0 Å². The Balaban J connectivity index is 2.34. The number of hydrogen-bond donors (Lipinski definition) is 1. The Kier molecular flexibility index (Phi) is 5.53. The highest BCUT2D eigenvalue weighted by atomic mass is 16.2. The van der Waals surface area contributed by atoms with Crippen LogP contribution in [0.3, 0.4) is 0 Å². The van der Waals surface area contributed by atoms with Gasteiger partial charge in [-0.05, 0) is 25.3 Å². The average Bonchev–Trinajstić information content (AvgIpc) is 2.27. The number of nitrogens with zero attached hydrogens (tertiary/aromatic N) is 1. The predicted octanol–water partition coefficient (Wildman–Crippen LogP) is 1.80. The lowest BCUT2D eigenvalue weighted by atomic mass is 9.97. The number of amides is 1. The molecule has 1 aliphatic heterocycles. The SMILES string of the molecule is C=CCC(=O)N1CCCC(CNC(C)C)C1. The molecule has 1 heterocycles. The molecule has 1 rings (SSSR count). The molecular weight excluding hydrogens is 200 g/mol. The van der Waals surface area contributed by atoms with Crippen molar-refractivity contribution < 1.29 is 4.79 Å². The van der Waals surface area contributed by atoms with E-state index in [0.29, 0.717) is 18.4 Å². The average molecular weight is 224 g/mol. The molecular formula is C13H24N2O. The molecule has 1 unspecified atom stereocenters. The third-order valence-electron chi connectivity index (χ3n) is 3.01. The lowest BCUT2D eigenvalue weighted by Crippen LogP contribution is -2.43. The van der Waals surface area contributed by atoms with Gasteiger partial charge in [-0.3, -0.25) is 4.79 Å². The summed E-state index contributed by atoms with van der Waals surface area (Å²) in [5.41, 5.74) is 0. The van der Waals surface area contributed by atoms with Crippen LogP contribution < -0.4 is 5.32 Å². The molecule has 1 amide bonds. The summed E-state index contributed by atoms with van der Waals surface area (Å²) in [5.74, 6) is 0.842. The van der Waals surface area contributed by atoms with Gasteiger partial charge in [-0.25, -0.2) is 0 Å². The summed E-state index contributed by atoms with van der Waals surface area (Å²) >= 11 is 0. The smallest absolute Gasteiger partial charge is 0.226 e. The first-order valence-corrected chi connectivity index (χ1v) is 6.25. The molecule has 3 nitrogen and oxygen atoms in total. The van der Waals surface area contributed by atoms with Gasteiger partial charge in [0.15, 0.2) is 0 Å². The zero-order valence-corrected chi connectivity index (χ0v) is 10.5. The van der Waals surface area contributed by atoms with Crippen LogP contribution >= 0.6 is 0 Å². The highest BCUT2D eigenvalue weighted by molar-refractivity contribution is 5.77. The minimum absolute atomic E-state index is 0.226. The van der Waals surface area contributed by atoms with Gasteiger partial charge in [0, 0.05) is 25.6 Å². The summed E-state index contributed by atoms with van der Waals surface area (Å²) in [4.78, 5) is 13.7. The highest BCUT2D eigenvalue weighted by Gasteiger charge is 2.22. The van der Waals surface area contributed by atoms with E-state index in [9.17, 15) is 4.79 Å². The van der Waals surface area contributed by atoms with Gasteiger partial charge in [-0.15, -0.1) is 6.58 Å². The first-order valence-electron chi connectivity index (χ1n) is 6.25. The van der Waals surface area contributed by atoms with Crippen LogP contribution in [-0.4, -0.2) is 36.5 Å². The first-order chi connectivity index (χ1) is 7.63. The Morgan fingerprint density at radius 2 is 2.38 bits per heavy atom. The number of hydrogen-bond acceptors (Lipinski definition) is 2. The van der Waals surface area contributed by atoms with Gasteiger partial charge < -0.3 is 10.2 Å². The summed E-state index contributed by atoms with van der Waals surface area (Å²) < 4.78 is 0. The van der Waals surface area contributed by atoms with E-state index in [0.717, 1.165) is 26.1 Å². The number of likely N-dealkylation sites (tertiary alicyclic amines) is 1. The van der Waals surface area contributed by atoms with Crippen molar-refractivity contribution in [2.45, 2.75) is 39.2 Å². The van der Waals surface area contributed by atoms with Crippen LogP contribution in [0.4, 0.5) is 0 Å². The van der Waals surface area contributed by atoms with Crippen molar-refractivity contribution in [1.82, 2.24) is 10.2 Å². The molecule has 1 saturated heterocycles. The van der Waals surface area contributed by atoms with Gasteiger partial charge in [0.05, 0.1) is 0 Å². The Morgan fingerprint density at radius 3 is 3.00 bits per heavy atom. The maximum absolute atomic E-state index is 11.7. The van der Waals surface area contributed by atoms with E-state index >= 15 is 0 Å². The summed E-state index contributed by atoms with van der Waals surface area (Å²) in [6.45, 7) is 10.8. The summed E-state index contributed by atoms with van der Waals surface area (Å²) in [7, 11) is 0. The molecule has 1 aliphatic rings. The Labute approximate surface area is 98.9 Å². The molecule has 0 aromatic heterocycles. The van der Waals surface area contributed by atoms with Crippen molar-refractivity contribution in [3.05, 3.63) is 12.7 Å². The Morgan fingerprint density at radius 1 is 1.62 bits per heavy atom. The fraction of sp³-hybridized carbons (Fsp3) is 0.769. The second-order valence-corrected chi connectivity index (χ2v) is 4.90. The lowest BCUT2D eigenvalue weighted by molar-refractivity contribution is -0.132. The van der Waals surface area contributed by atoms with Gasteiger partial charge >= 0.3 is 0 Å². The minimum atomic E-state index is 0.226. The highest BCUT2D eigenvalue weighted by Crippen LogP contribution is 2.16. The molecule has 16 heavy (non-hydrogen) atoms. The molecule has 0 saturated carbocycles. The molecule has 1 fully saturated rings. The molecule has 3 heteroatoms. The zero-order chi connectivity index (χ0) is 12.0. The largest absolute Gasteiger partial charge is 0.342 e. The molecule has 0 radical (unpaired) electrons. The number of piperidine rings is 1. The van der Waals surface area contributed by atoms with Gasteiger partial charge in [0.2, 0.25) is 5.91 Å². The zero-order valence-electron chi connectivity index (χ0n) is 10.5. The lowest BCUT2D eigenvalue weighted by Gasteiger charge is -2.33. The van der Waals surface area contributed by atoms with Crippen molar-refractivity contribution in [3.8, 4) is 0 Å². The molecule has 0 aromatic carbocycles. The van der Waals surface area contributed by atoms with E-state index in [1.165, 1.54) is 6.42 Å². The number of carbonyl (C=O) groups excluding carboxylic acids is 1. The summed E-state index contributed by atoms with van der Waals surface area (Å²) in [6.07, 6.45) is 4.54. The van der Waals surface area contributed by atoms with Crippen LogP contribution in [-0.2, 0) is 4.79 Å². The maximum atomic E-state index is 11.7. The van der Waals surface area contributed by atoms with E-state index in [1.807, 2.05) is 4.90 Å². The number of carbonyl (C=O) groups is 1. The molecule has 1 atom stereocenters. The fourth-order valence-electron chi connectivity index (χ4n) is 2.11. The topological polar surface area (TPSA) is 32.3 Å². The van der Waals surface area contributed by atoms with Crippen molar-refractivity contribution in [3.63, 3.8) is 0 Å². The quantitative estimate of drug-likeness (QED) is 0.722. The van der Waals surface area contributed by atoms with Crippen molar-refractivity contribution in [2.75, 3.05) is 19.6 Å². The molecule has 0 aliphatic carbocycles. The minimum Gasteiger partial charge on any atom is -0.342 e. The summed E-state index contributed by atoms with van der Waals surface area (Å²) in [6, 6.07) is 0.527. The fourth-order valence-corrected chi connectivity index (χ4v) is 2.11. The van der Waals surface area contributed by atoms with E-state index < -0.39 is 0 Å². The first kappa shape index (κ1) is 13.2. The molecule has 1 N–H and O–H groups in total. The standard InChI is InChI=1S/C13H24N2O/c1-4-6-13(16)15-8-5-7-12(10-15)9-14-11(2)3/h4,11-12,14H,1,5-10H2,2-3H3. The normalized spacial score (nSPS) is 21.2. The van der Waals surface area contributed by atoms with Gasteiger partial charge in [0.1, 0.15) is 0 Å². The van der Waals surface area contributed by atoms with Crippen LogP contribution in [0.1, 0.15) is 33.1 Å². The molecule has 92 valence electrons. The number of nitrogens with one attached hydrogen (secondary N) is 1. The molecule has 0 aromatic rings. The second kappa shape index (κ2) is 6.69.